The summed E-state index contributed by atoms with van der Waals surface area (Å²) in [5, 5.41) is 0. The first-order chi connectivity index (χ1) is 5.08. The van der Waals surface area contributed by atoms with Gasteiger partial charge in [0, 0.05) is 0 Å². The quantitative estimate of drug-likeness (QED) is 0.628. The van der Waals surface area contributed by atoms with Crippen LogP contribution in [0.5, 0.6) is 0 Å². The monoisotopic (exact) mass is 256 g/mol. The van der Waals surface area contributed by atoms with Gasteiger partial charge in [-0.2, -0.15) is 8.42 Å². The van der Waals surface area contributed by atoms with Gasteiger partial charge in [0.15, 0.2) is 0 Å². The van der Waals surface area contributed by atoms with Crippen LogP contribution in [-0.2, 0) is 15.9 Å². The fraction of sp³-hybridized carbons (Fsp3) is 0.143. The number of benzene rings is 1. The van der Waals surface area contributed by atoms with Crippen LogP contribution < -0.4 is 0 Å². The van der Waals surface area contributed by atoms with Crippen LogP contribution in [0, 0.1) is 0 Å². The Kier molecular flexibility index (Phi) is 10.3. The molecule has 0 atom stereocenters. The molecule has 0 fully saturated rings. The molecule has 1 N–H and O–H groups in total. The molecule has 68 valence electrons. The van der Waals surface area contributed by atoms with Gasteiger partial charge in [0.2, 0.25) is 0 Å². The van der Waals surface area contributed by atoms with Crippen LogP contribution in [0.15, 0.2) is 30.3 Å². The van der Waals surface area contributed by atoms with Crippen LogP contribution in [0.4, 0.5) is 0 Å². The van der Waals surface area contributed by atoms with E-state index in [0.717, 1.165) is 0 Å². The summed E-state index contributed by atoms with van der Waals surface area (Å²) >= 11 is 0. The first-order valence-corrected chi connectivity index (χ1v) is 4.68. The molecule has 0 amide bonds. The van der Waals surface area contributed by atoms with Gasteiger partial charge in [-0.15, -0.1) is 0 Å². The summed E-state index contributed by atoms with van der Waals surface area (Å²) in [5.74, 6) is -0.312. The molecule has 0 aliphatic heterocycles. The molecule has 0 aromatic heterocycles. The van der Waals surface area contributed by atoms with Crippen molar-refractivity contribution < 1.29 is 18.7 Å². The van der Waals surface area contributed by atoms with E-state index in [1.165, 1.54) is 0 Å². The van der Waals surface area contributed by atoms with Gasteiger partial charge in [0.05, 0.1) is 0 Å². The van der Waals surface area contributed by atoms with E-state index in [2.05, 4.69) is 0 Å². The molecular formula is C7H12Ca2O3S. The Hall–Kier alpha value is 1.65. The maximum absolute atomic E-state index is 10.4. The van der Waals surface area contributed by atoms with E-state index in [4.69, 9.17) is 4.55 Å². The molecule has 0 aliphatic carbocycles. The van der Waals surface area contributed by atoms with Crippen molar-refractivity contribution in [2.45, 2.75) is 5.75 Å². The molecule has 1 rings (SSSR count). The van der Waals surface area contributed by atoms with Gasteiger partial charge in [-0.3, -0.25) is 4.55 Å². The molecule has 6 heteroatoms. The second-order valence-electron chi connectivity index (χ2n) is 2.21. The number of hydrogen-bond acceptors (Lipinski definition) is 2. The van der Waals surface area contributed by atoms with E-state index in [1.54, 1.807) is 30.3 Å². The summed E-state index contributed by atoms with van der Waals surface area (Å²) in [4.78, 5) is 0. The molecule has 0 bridgehead atoms. The Morgan fingerprint density at radius 1 is 1.15 bits per heavy atom. The topological polar surface area (TPSA) is 54.4 Å². The van der Waals surface area contributed by atoms with Crippen LogP contribution >= 0.6 is 0 Å². The summed E-state index contributed by atoms with van der Waals surface area (Å²) in [6, 6.07) is 8.52. The normalized spacial score (nSPS) is 9.62. The predicted octanol–water partition coefficient (Wildman–Crippen LogP) is 0.763. The Morgan fingerprint density at radius 3 is 2.00 bits per heavy atom. The molecule has 1 aromatic carbocycles. The van der Waals surface area contributed by atoms with Gasteiger partial charge in [0.25, 0.3) is 10.1 Å². The van der Waals surface area contributed by atoms with E-state index in [-0.39, 0.29) is 86.9 Å². The fourth-order valence-corrected chi connectivity index (χ4v) is 1.40. The van der Waals surface area contributed by atoms with E-state index in [9.17, 15) is 8.42 Å². The zero-order valence-corrected chi connectivity index (χ0v) is 12.4. The van der Waals surface area contributed by atoms with Crippen molar-refractivity contribution in [2.75, 3.05) is 0 Å². The molecule has 0 saturated heterocycles. The molecular weight excluding hydrogens is 244 g/mol. The Bertz CT molecular complexity index is 336. The van der Waals surface area contributed by atoms with Gasteiger partial charge < -0.3 is 5.71 Å². The second kappa shape index (κ2) is 7.88. The minimum atomic E-state index is -3.88. The molecule has 0 radical (unpaired) electrons. The van der Waals surface area contributed by atoms with Crippen LogP contribution in [0.1, 0.15) is 11.3 Å². The molecule has 0 saturated carbocycles. The fourth-order valence-electron chi connectivity index (χ4n) is 0.785. The summed E-state index contributed by atoms with van der Waals surface area (Å²) in [6.07, 6.45) is 0. The molecule has 0 unspecified atom stereocenters. The third-order valence-corrected chi connectivity index (χ3v) is 1.89. The minimum absolute atomic E-state index is 0. The summed E-state index contributed by atoms with van der Waals surface area (Å²) in [6.45, 7) is 0. The average Bonchev–Trinajstić information content (AvgIpc) is 1.85. The van der Waals surface area contributed by atoms with Gasteiger partial charge in [-0.1, -0.05) is 30.3 Å². The van der Waals surface area contributed by atoms with Crippen molar-refractivity contribution in [2.24, 2.45) is 0 Å². The van der Waals surface area contributed by atoms with Crippen molar-refractivity contribution in [1.29, 1.82) is 0 Å². The van der Waals surface area contributed by atoms with Gasteiger partial charge in [-0.05, 0) is 5.56 Å². The molecule has 3 nitrogen and oxygen atoms in total. The standard InChI is InChI=1S/C7H8O3S.2Ca.4H/c8-11(9,10)6-7-4-2-1-3-5-7;;;;;;/h1-5H,6H2,(H,8,9,10);;;;;;/q;2*+2;4*-1. The van der Waals surface area contributed by atoms with Crippen LogP contribution in [0.3, 0.4) is 0 Å². The smallest absolute Gasteiger partial charge is 1.00 e. The Morgan fingerprint density at radius 2 is 1.62 bits per heavy atom. The van der Waals surface area contributed by atoms with Crippen LogP contribution in [-0.4, -0.2) is 88.4 Å². The summed E-state index contributed by atoms with van der Waals surface area (Å²) < 4.78 is 29.2. The largest absolute Gasteiger partial charge is 2.00 e. The van der Waals surface area contributed by atoms with E-state index < -0.39 is 10.1 Å². The number of rotatable bonds is 2. The van der Waals surface area contributed by atoms with Gasteiger partial charge in [0.1, 0.15) is 5.75 Å². The van der Waals surface area contributed by atoms with E-state index in [0.29, 0.717) is 5.56 Å². The zero-order valence-electron chi connectivity index (χ0n) is 11.2. The summed E-state index contributed by atoms with van der Waals surface area (Å²) in [5.41, 5.74) is 0.593. The molecule has 0 heterocycles. The third kappa shape index (κ3) is 8.63. The Labute approximate surface area is 144 Å². The van der Waals surface area contributed by atoms with Crippen molar-refractivity contribution in [3.8, 4) is 0 Å². The van der Waals surface area contributed by atoms with Crippen molar-refractivity contribution >= 4 is 85.6 Å². The third-order valence-electron chi connectivity index (χ3n) is 1.19. The van der Waals surface area contributed by atoms with Crippen LogP contribution in [0.2, 0.25) is 0 Å². The van der Waals surface area contributed by atoms with E-state index >= 15 is 0 Å². The van der Waals surface area contributed by atoms with Crippen molar-refractivity contribution in [1.82, 2.24) is 0 Å². The van der Waals surface area contributed by atoms with Crippen LogP contribution in [0.25, 0.3) is 0 Å². The van der Waals surface area contributed by atoms with Gasteiger partial charge >= 0.3 is 75.5 Å². The first kappa shape index (κ1) is 17.1. The minimum Gasteiger partial charge on any atom is -1.00 e. The van der Waals surface area contributed by atoms with Gasteiger partial charge in [-0.25, -0.2) is 0 Å². The molecule has 1 aromatic rings. The number of hydrogen-bond donors (Lipinski definition) is 1. The summed E-state index contributed by atoms with van der Waals surface area (Å²) in [7, 11) is -3.88. The molecule has 0 spiro atoms. The molecule has 0 aliphatic rings. The maximum Gasteiger partial charge on any atom is 2.00 e. The Balaban J connectivity index is -0.0000000504. The maximum atomic E-state index is 10.4. The zero-order chi connectivity index (χ0) is 8.32. The van der Waals surface area contributed by atoms with Crippen molar-refractivity contribution in [3.63, 3.8) is 0 Å². The molecule has 13 heavy (non-hydrogen) atoms. The second-order valence-corrected chi connectivity index (χ2v) is 3.66. The first-order valence-electron chi connectivity index (χ1n) is 3.07. The predicted molar refractivity (Wildman–Crippen MR) is 57.7 cm³/mol. The van der Waals surface area contributed by atoms with Crippen molar-refractivity contribution in [3.05, 3.63) is 35.9 Å². The van der Waals surface area contributed by atoms with E-state index in [1.807, 2.05) is 0 Å². The average molecular weight is 256 g/mol. The SMILES string of the molecule is O=S(=O)(O)Cc1ccccc1.[Ca+2].[Ca+2].[H-].[H-].[H-].[H-].